The third-order valence-electron chi connectivity index (χ3n) is 5.03. The largest absolute Gasteiger partial charge is 0.490 e. The van der Waals surface area contributed by atoms with Gasteiger partial charge in [-0.3, -0.25) is 14.7 Å². The van der Waals surface area contributed by atoms with Gasteiger partial charge in [0, 0.05) is 59.1 Å². The number of carbonyl (C=O) groups is 3. The van der Waals surface area contributed by atoms with E-state index in [0.29, 0.717) is 5.56 Å². The van der Waals surface area contributed by atoms with E-state index in [2.05, 4.69) is 21.3 Å². The van der Waals surface area contributed by atoms with E-state index in [1.807, 2.05) is 43.4 Å². The van der Waals surface area contributed by atoms with Crippen molar-refractivity contribution in [2.75, 3.05) is 39.1 Å². The van der Waals surface area contributed by atoms with Crippen LogP contribution in [0.4, 0.5) is 32.2 Å². The molecule has 3 N–H and O–H groups in total. The second kappa shape index (κ2) is 14.3. The molecule has 1 aliphatic rings. The number of aromatic nitrogens is 2. The first-order valence-electron chi connectivity index (χ1n) is 11.1. The molecule has 0 saturated carbocycles. The average molecular weight is 567 g/mol. The van der Waals surface area contributed by atoms with Crippen molar-refractivity contribution in [3.63, 3.8) is 0 Å². The molecule has 39 heavy (non-hydrogen) atoms. The van der Waals surface area contributed by atoms with Crippen molar-refractivity contribution in [1.82, 2.24) is 20.2 Å². The minimum absolute atomic E-state index is 0.0893. The van der Waals surface area contributed by atoms with Crippen molar-refractivity contribution in [3.05, 3.63) is 53.0 Å². The molecule has 2 aromatic rings. The first-order valence-corrected chi connectivity index (χ1v) is 11.1. The number of amides is 1. The topological polar surface area (TPSA) is 136 Å². The average Bonchev–Trinajstić information content (AvgIpc) is 3.04. The second-order valence-corrected chi connectivity index (χ2v) is 8.14. The molecule has 0 spiro atoms. The van der Waals surface area contributed by atoms with Gasteiger partial charge in [0.05, 0.1) is 11.3 Å². The van der Waals surface area contributed by atoms with Crippen molar-refractivity contribution >= 4 is 23.7 Å². The van der Waals surface area contributed by atoms with Crippen molar-refractivity contribution in [1.29, 1.82) is 0 Å². The standard InChI is InChI=1S/C19H25N5O.2C2HF3O2/c1-20-19(25)16-12-14-7-10-24(13-15-6-4-5-9-21-15)11-8-17(14)22-18(16)23(2)3;2*3-2(4,5)1(6)7/h4-6,9,12H,7-8,10-11,13H2,1-3H3,(H,20,25);2*(H,6,7). The Hall–Kier alpha value is -3.95. The van der Waals surface area contributed by atoms with Crippen LogP contribution < -0.4 is 10.2 Å². The predicted molar refractivity (Wildman–Crippen MR) is 126 cm³/mol. The van der Waals surface area contributed by atoms with Gasteiger partial charge in [-0.05, 0) is 30.2 Å². The minimum Gasteiger partial charge on any atom is -0.475 e. The lowest BCUT2D eigenvalue weighted by atomic mass is 10.0. The fourth-order valence-electron chi connectivity index (χ4n) is 3.19. The molecule has 0 aliphatic carbocycles. The fourth-order valence-corrected chi connectivity index (χ4v) is 3.19. The minimum atomic E-state index is -5.08. The van der Waals surface area contributed by atoms with Crippen molar-refractivity contribution in [2.45, 2.75) is 31.7 Å². The Labute approximate surface area is 219 Å². The summed E-state index contributed by atoms with van der Waals surface area (Å²) in [6.45, 7) is 2.74. The zero-order chi connectivity index (χ0) is 30.0. The molecule has 216 valence electrons. The van der Waals surface area contributed by atoms with Crippen LogP contribution in [0.1, 0.15) is 27.3 Å². The van der Waals surface area contributed by atoms with Crippen molar-refractivity contribution in [2.24, 2.45) is 0 Å². The van der Waals surface area contributed by atoms with E-state index < -0.39 is 24.3 Å². The lowest BCUT2D eigenvalue weighted by Crippen LogP contribution is -2.26. The summed E-state index contributed by atoms with van der Waals surface area (Å²) in [4.78, 5) is 43.5. The fraction of sp³-hybridized carbons (Fsp3) is 0.435. The molecule has 3 heterocycles. The molecule has 3 rings (SSSR count). The highest BCUT2D eigenvalue weighted by Gasteiger charge is 2.38. The number of alkyl halides is 6. The van der Waals surface area contributed by atoms with Crippen LogP contribution in [-0.2, 0) is 29.0 Å². The molecule has 0 bridgehead atoms. The molecule has 16 heteroatoms. The Morgan fingerprint density at radius 3 is 1.97 bits per heavy atom. The predicted octanol–water partition coefficient (Wildman–Crippen LogP) is 2.77. The highest BCUT2D eigenvalue weighted by atomic mass is 19.4. The van der Waals surface area contributed by atoms with E-state index in [1.165, 1.54) is 5.56 Å². The molecule has 0 saturated heterocycles. The van der Waals surface area contributed by atoms with Gasteiger partial charge >= 0.3 is 24.3 Å². The zero-order valence-electron chi connectivity index (χ0n) is 21.1. The lowest BCUT2D eigenvalue weighted by molar-refractivity contribution is -0.193. The van der Waals surface area contributed by atoms with Crippen LogP contribution >= 0.6 is 0 Å². The summed E-state index contributed by atoms with van der Waals surface area (Å²) >= 11 is 0. The van der Waals surface area contributed by atoms with E-state index in [1.54, 1.807) is 7.05 Å². The summed E-state index contributed by atoms with van der Waals surface area (Å²) in [5, 5.41) is 17.0. The number of nitrogens with one attached hydrogen (secondary N) is 1. The maximum Gasteiger partial charge on any atom is 0.490 e. The first kappa shape index (κ1) is 33.1. The third-order valence-corrected chi connectivity index (χ3v) is 5.03. The maximum absolute atomic E-state index is 12.2. The molecule has 1 amide bonds. The number of fused-ring (bicyclic) bond motifs is 1. The normalized spacial score (nSPS) is 13.4. The second-order valence-electron chi connectivity index (χ2n) is 8.14. The van der Waals surface area contributed by atoms with E-state index in [4.69, 9.17) is 24.8 Å². The van der Waals surface area contributed by atoms with Gasteiger partial charge in [-0.1, -0.05) is 6.07 Å². The molecule has 0 unspecified atom stereocenters. The quantitative estimate of drug-likeness (QED) is 0.477. The summed E-state index contributed by atoms with van der Waals surface area (Å²) in [5.41, 5.74) is 4.00. The third kappa shape index (κ3) is 11.1. The van der Waals surface area contributed by atoms with Gasteiger partial charge in [0.1, 0.15) is 5.82 Å². The number of anilines is 1. The number of carboxylic acids is 2. The summed E-state index contributed by atoms with van der Waals surface area (Å²) in [7, 11) is 5.50. The van der Waals surface area contributed by atoms with Gasteiger partial charge < -0.3 is 20.4 Å². The first-order chi connectivity index (χ1) is 18.0. The number of halogens is 6. The molecule has 10 nitrogen and oxygen atoms in total. The van der Waals surface area contributed by atoms with Gasteiger partial charge in [0.15, 0.2) is 0 Å². The van der Waals surface area contributed by atoms with E-state index >= 15 is 0 Å². The smallest absolute Gasteiger partial charge is 0.475 e. The molecule has 0 radical (unpaired) electrons. The summed E-state index contributed by atoms with van der Waals surface area (Å²) in [6.07, 6.45) is -6.55. The van der Waals surface area contributed by atoms with Crippen molar-refractivity contribution in [3.8, 4) is 0 Å². The number of hydrogen-bond donors (Lipinski definition) is 3. The number of carboxylic acid groups (broad SMARTS) is 2. The Balaban J connectivity index is 0.000000449. The Morgan fingerprint density at radius 2 is 1.54 bits per heavy atom. The number of aliphatic carboxylic acids is 2. The van der Waals surface area contributed by atoms with Gasteiger partial charge in [-0.2, -0.15) is 26.3 Å². The molecule has 0 fully saturated rings. The van der Waals surface area contributed by atoms with E-state index in [9.17, 15) is 31.1 Å². The van der Waals surface area contributed by atoms with Gasteiger partial charge in [-0.25, -0.2) is 14.6 Å². The summed E-state index contributed by atoms with van der Waals surface area (Å²) in [5.74, 6) is -4.87. The molecule has 0 atom stereocenters. The molecular weight excluding hydrogens is 540 g/mol. The van der Waals surface area contributed by atoms with Crippen molar-refractivity contribution < 1.29 is 50.9 Å². The monoisotopic (exact) mass is 567 g/mol. The van der Waals surface area contributed by atoms with Crippen LogP contribution in [0.3, 0.4) is 0 Å². The Bertz CT molecular complexity index is 1100. The molecular formula is C23H27F6N5O5. The number of hydrogen-bond acceptors (Lipinski definition) is 7. The van der Waals surface area contributed by atoms with Crippen LogP contribution in [0.2, 0.25) is 0 Å². The van der Waals surface area contributed by atoms with Crippen LogP contribution in [0.5, 0.6) is 0 Å². The van der Waals surface area contributed by atoms with Crippen LogP contribution in [-0.4, -0.2) is 89.5 Å². The van der Waals surface area contributed by atoms with Gasteiger partial charge in [-0.15, -0.1) is 0 Å². The van der Waals surface area contributed by atoms with Crippen LogP contribution in [0.25, 0.3) is 0 Å². The number of rotatable bonds is 4. The highest BCUT2D eigenvalue weighted by molar-refractivity contribution is 5.99. The Morgan fingerprint density at radius 1 is 1.00 bits per heavy atom. The SMILES string of the molecule is CNC(=O)c1cc2c(nc1N(C)C)CCN(Cc1ccccn1)CC2.O=C(O)C(F)(F)F.O=C(O)C(F)(F)F. The number of nitrogens with zero attached hydrogens (tertiary/aromatic N) is 4. The van der Waals surface area contributed by atoms with E-state index in [-0.39, 0.29) is 5.91 Å². The zero-order valence-corrected chi connectivity index (χ0v) is 21.1. The molecule has 2 aromatic heterocycles. The summed E-state index contributed by atoms with van der Waals surface area (Å²) < 4.78 is 63.5. The van der Waals surface area contributed by atoms with Gasteiger partial charge in [0.2, 0.25) is 0 Å². The number of carbonyl (C=O) groups excluding carboxylic acids is 1. The summed E-state index contributed by atoms with van der Waals surface area (Å²) in [6, 6.07) is 8.04. The van der Waals surface area contributed by atoms with Gasteiger partial charge in [0.25, 0.3) is 5.91 Å². The van der Waals surface area contributed by atoms with Crippen LogP contribution in [0, 0.1) is 0 Å². The van der Waals surface area contributed by atoms with E-state index in [0.717, 1.165) is 49.7 Å². The molecule has 1 aliphatic heterocycles. The highest BCUT2D eigenvalue weighted by Crippen LogP contribution is 2.23. The maximum atomic E-state index is 12.2. The Kier molecular flexibility index (Phi) is 12.1. The van der Waals surface area contributed by atoms with Crippen LogP contribution in [0.15, 0.2) is 30.5 Å². The number of pyridine rings is 2. The lowest BCUT2D eigenvalue weighted by Gasteiger charge is -2.18. The molecule has 0 aromatic carbocycles.